The summed E-state index contributed by atoms with van der Waals surface area (Å²) in [6, 6.07) is 12.5. The molecule has 3 heterocycles. The first-order valence-electron chi connectivity index (χ1n) is 22.7. The van der Waals surface area contributed by atoms with Gasteiger partial charge in [0.15, 0.2) is 28.4 Å². The molecule has 0 radical (unpaired) electrons. The van der Waals surface area contributed by atoms with Gasteiger partial charge in [0.1, 0.15) is 19.4 Å². The minimum absolute atomic E-state index is 0.0570. The number of carbonyl (C=O) groups is 1. The molecule has 0 aliphatic carbocycles. The van der Waals surface area contributed by atoms with Gasteiger partial charge in [-0.2, -0.15) is 8.42 Å². The van der Waals surface area contributed by atoms with Gasteiger partial charge in [-0.25, -0.2) is 0 Å². The first kappa shape index (κ1) is 52.5. The molecule has 3 aliphatic heterocycles. The minimum atomic E-state index is -4.55. The maximum Gasteiger partial charge on any atom is 0.287 e. The molecule has 17 nitrogen and oxygen atoms in total. The molecule has 372 valence electrons. The molecule has 0 saturated carbocycles. The molecule has 0 bridgehead atoms. The van der Waals surface area contributed by atoms with Crippen LogP contribution in [0.1, 0.15) is 79.7 Å². The van der Waals surface area contributed by atoms with Crippen molar-refractivity contribution < 1.29 is 56.0 Å². The van der Waals surface area contributed by atoms with E-state index in [4.69, 9.17) is 33.2 Å². The number of amides is 1. The molecular weight excluding hydrogens is 923 g/mol. The molecule has 4 N–H and O–H groups in total. The molecule has 2 fully saturated rings. The highest BCUT2D eigenvalue weighted by atomic mass is 33.1. The van der Waals surface area contributed by atoms with Gasteiger partial charge in [0.2, 0.25) is 0 Å². The van der Waals surface area contributed by atoms with Crippen LogP contribution in [0.2, 0.25) is 0 Å². The fourth-order valence-corrected chi connectivity index (χ4v) is 12.1. The molecule has 6 rings (SSSR count). The molecule has 4 unspecified atom stereocenters. The van der Waals surface area contributed by atoms with Gasteiger partial charge >= 0.3 is 0 Å². The Balaban J connectivity index is 1.32. The van der Waals surface area contributed by atoms with Crippen LogP contribution >= 0.6 is 21.6 Å². The monoisotopic (exact) mass is 991 g/mol. The third-order valence-electron chi connectivity index (χ3n) is 12.2. The topological polar surface area (TPSA) is 190 Å². The van der Waals surface area contributed by atoms with Crippen LogP contribution < -0.4 is 34.5 Å². The van der Waals surface area contributed by atoms with Crippen molar-refractivity contribution in [2.24, 2.45) is 0 Å². The number of hydrogen-bond acceptors (Lipinski definition) is 17. The summed E-state index contributed by atoms with van der Waals surface area (Å²) in [5, 5.41) is 16.4. The number of hydrogen-bond donors (Lipinski definition) is 4. The highest BCUT2D eigenvalue weighted by Gasteiger charge is 2.45. The average Bonchev–Trinajstić information content (AvgIpc) is 3.95. The molecule has 3 aliphatic rings. The largest absolute Gasteiger partial charge is 0.493 e. The number of anilines is 3. The number of nitrogens with one attached hydrogen (secondary N) is 2. The molecule has 4 atom stereocenters. The van der Waals surface area contributed by atoms with Gasteiger partial charge in [0, 0.05) is 86.2 Å². The van der Waals surface area contributed by atoms with E-state index in [0.29, 0.717) is 118 Å². The van der Waals surface area contributed by atoms with Crippen LogP contribution in [0.3, 0.4) is 0 Å². The quantitative estimate of drug-likeness (QED) is 0.0389. The third kappa shape index (κ3) is 13.5. The van der Waals surface area contributed by atoms with Crippen LogP contribution in [-0.4, -0.2) is 150 Å². The van der Waals surface area contributed by atoms with Gasteiger partial charge in [-0.1, -0.05) is 21.6 Å². The normalized spacial score (nSPS) is 19.6. The lowest BCUT2D eigenvalue weighted by atomic mass is 10.1. The van der Waals surface area contributed by atoms with E-state index in [-0.39, 0.29) is 29.9 Å². The molecule has 3 aromatic rings. The van der Waals surface area contributed by atoms with Crippen molar-refractivity contribution in [3.63, 3.8) is 0 Å². The maximum atomic E-state index is 13.7. The number of aliphatic hydroxyl groups excluding tert-OH is 1. The highest BCUT2D eigenvalue weighted by molar-refractivity contribution is 8.77. The van der Waals surface area contributed by atoms with Gasteiger partial charge in [-0.3, -0.25) is 14.2 Å². The average molecular weight is 992 g/mol. The summed E-state index contributed by atoms with van der Waals surface area (Å²) in [5.41, 5.74) is 4.41. The lowest BCUT2D eigenvalue weighted by molar-refractivity contribution is -0.00373. The smallest absolute Gasteiger partial charge is 0.287 e. The summed E-state index contributed by atoms with van der Waals surface area (Å²) >= 11 is 0. The van der Waals surface area contributed by atoms with Crippen molar-refractivity contribution in [3.05, 3.63) is 64.7 Å². The summed E-state index contributed by atoms with van der Waals surface area (Å²) in [6.45, 7) is 11.5. The molecule has 0 spiro atoms. The fourth-order valence-electron chi connectivity index (χ4n) is 9.00. The summed E-state index contributed by atoms with van der Waals surface area (Å²) in [4.78, 5) is 19.6. The number of fused-ring (bicyclic) bond motifs is 2. The summed E-state index contributed by atoms with van der Waals surface area (Å²) in [5.74, 6) is 1.48. The predicted octanol–water partition coefficient (Wildman–Crippen LogP) is 6.90. The van der Waals surface area contributed by atoms with Crippen molar-refractivity contribution in [2.75, 3.05) is 109 Å². The van der Waals surface area contributed by atoms with Crippen LogP contribution in [0.25, 0.3) is 0 Å². The van der Waals surface area contributed by atoms with Crippen molar-refractivity contribution in [3.8, 4) is 23.0 Å². The zero-order valence-corrected chi connectivity index (χ0v) is 42.5. The first-order valence-corrected chi connectivity index (χ1v) is 26.8. The second-order valence-corrected chi connectivity index (χ2v) is 22.2. The number of aliphatic hydroxyl groups is 1. The SMILES string of the molecule is CNc1cc(OCc2cc(COc3cc4c(cc3OC)C(O)N3CCCC3C(S(=O)(=O)O)N4)cc(N(CCOCCOCCOC)CC(C)(C)SSC)c2)c(OC)cc1C(=O)N1CCCC1C. The van der Waals surface area contributed by atoms with Gasteiger partial charge in [-0.15, -0.1) is 0 Å². The number of rotatable bonds is 25. The van der Waals surface area contributed by atoms with Crippen LogP contribution in [0.5, 0.6) is 23.0 Å². The van der Waals surface area contributed by atoms with E-state index in [2.05, 4.69) is 54.7 Å². The zero-order chi connectivity index (χ0) is 48.3. The molecule has 1 amide bonds. The fraction of sp³-hybridized carbons (Fsp3) is 0.596. The second-order valence-electron chi connectivity index (χ2n) is 17.5. The molecule has 2 saturated heterocycles. The van der Waals surface area contributed by atoms with Crippen molar-refractivity contribution in [2.45, 2.75) is 88.1 Å². The van der Waals surface area contributed by atoms with Crippen molar-refractivity contribution >= 4 is 54.7 Å². The molecular formula is C47H69N5O12S3. The van der Waals surface area contributed by atoms with Crippen LogP contribution in [0.4, 0.5) is 17.1 Å². The lowest BCUT2D eigenvalue weighted by Gasteiger charge is -2.34. The number of ether oxygens (including phenoxy) is 7. The summed E-state index contributed by atoms with van der Waals surface area (Å²) in [6.07, 6.45) is 4.02. The van der Waals surface area contributed by atoms with E-state index in [1.165, 1.54) is 7.11 Å². The first-order chi connectivity index (χ1) is 32.1. The van der Waals surface area contributed by atoms with E-state index in [0.717, 1.165) is 29.7 Å². The number of methoxy groups -OCH3 is 3. The summed E-state index contributed by atoms with van der Waals surface area (Å²) in [7, 11) is 5.43. The number of nitrogens with zero attached hydrogens (tertiary/aromatic N) is 3. The van der Waals surface area contributed by atoms with E-state index >= 15 is 0 Å². The Kier molecular flexibility index (Phi) is 18.9. The maximum absolute atomic E-state index is 13.7. The van der Waals surface area contributed by atoms with Crippen LogP contribution in [0, 0.1) is 0 Å². The lowest BCUT2D eigenvalue weighted by Crippen LogP contribution is -2.46. The Bertz CT molecular complexity index is 2240. The Hall–Kier alpha value is -3.86. The van der Waals surface area contributed by atoms with Gasteiger partial charge < -0.3 is 58.7 Å². The summed E-state index contributed by atoms with van der Waals surface area (Å²) < 4.78 is 76.9. The van der Waals surface area contributed by atoms with E-state index in [9.17, 15) is 22.9 Å². The Morgan fingerprint density at radius 3 is 2.13 bits per heavy atom. The van der Waals surface area contributed by atoms with Crippen LogP contribution in [0.15, 0.2) is 42.5 Å². The van der Waals surface area contributed by atoms with Crippen LogP contribution in [-0.2, 0) is 37.5 Å². The number of likely N-dealkylation sites (tertiary alicyclic amines) is 1. The zero-order valence-electron chi connectivity index (χ0n) is 40.0. The molecule has 3 aromatic carbocycles. The number of carbonyl (C=O) groups excluding carboxylic acids is 1. The van der Waals surface area contributed by atoms with Gasteiger partial charge in [0.05, 0.1) is 58.5 Å². The van der Waals surface area contributed by atoms with E-state index in [1.54, 1.807) is 72.0 Å². The third-order valence-corrected chi connectivity index (χ3v) is 15.9. The molecule has 0 aromatic heterocycles. The standard InChI is InChI=1S/C47H69N5O12S3/c1-31-11-9-13-51(31)45(53)35-24-40(59-6)42(26-37(35)48-4)63-28-32-21-33(23-34(22-32)50(30-47(2,3)66-65-8)15-16-61-19-20-62-18-17-58-5)29-64-43-27-38-36(25-41(43)60-7)46(54)52-14-10-12-39(52)44(49-38)67(55,56)57/h21-27,31,39,44,46,48-49,54H,9-20,28-30H2,1-8H3,(H,55,56,57). The van der Waals surface area contributed by atoms with E-state index in [1.807, 2.05) is 11.0 Å². The van der Waals surface area contributed by atoms with Crippen molar-refractivity contribution in [1.29, 1.82) is 0 Å². The Morgan fingerprint density at radius 1 is 0.881 bits per heavy atom. The Labute approximate surface area is 404 Å². The van der Waals surface area contributed by atoms with Gasteiger partial charge in [0.25, 0.3) is 16.0 Å². The number of benzene rings is 3. The predicted molar refractivity (Wildman–Crippen MR) is 265 cm³/mol. The van der Waals surface area contributed by atoms with Crippen molar-refractivity contribution in [1.82, 2.24) is 9.80 Å². The highest BCUT2D eigenvalue weighted by Crippen LogP contribution is 2.44. The van der Waals surface area contributed by atoms with E-state index < -0.39 is 27.8 Å². The molecule has 20 heteroatoms. The second kappa shape index (κ2) is 24.1. The van der Waals surface area contributed by atoms with Gasteiger partial charge in [-0.05, 0) is 94.2 Å². The minimum Gasteiger partial charge on any atom is -0.493 e. The Morgan fingerprint density at radius 2 is 1.52 bits per heavy atom. The molecule has 67 heavy (non-hydrogen) atoms.